The zero-order valence-corrected chi connectivity index (χ0v) is 10.1. The maximum Gasteiger partial charge on any atom is 0.166 e. The van der Waals surface area contributed by atoms with Gasteiger partial charge in [0.1, 0.15) is 0 Å². The summed E-state index contributed by atoms with van der Waals surface area (Å²) in [6.45, 7) is 6.36. The topological polar surface area (TPSA) is 24.1 Å². The SMILES string of the molecule is CC(C)CNC(=S)NCCCC1CC1. The third-order valence-corrected chi connectivity index (χ3v) is 2.73. The highest BCUT2D eigenvalue weighted by molar-refractivity contribution is 7.80. The highest BCUT2D eigenvalue weighted by Gasteiger charge is 2.19. The maximum absolute atomic E-state index is 5.14. The molecule has 0 atom stereocenters. The Hall–Kier alpha value is -0.310. The van der Waals surface area contributed by atoms with Crippen LogP contribution in [0.4, 0.5) is 0 Å². The quantitative estimate of drug-likeness (QED) is 0.524. The fraction of sp³-hybridized carbons (Fsp3) is 0.909. The lowest BCUT2D eigenvalue weighted by molar-refractivity contribution is 0.610. The second-order valence-corrected chi connectivity index (χ2v) is 5.02. The minimum atomic E-state index is 0.654. The van der Waals surface area contributed by atoms with Crippen molar-refractivity contribution >= 4 is 17.3 Å². The van der Waals surface area contributed by atoms with Crippen LogP contribution in [0.25, 0.3) is 0 Å². The van der Waals surface area contributed by atoms with E-state index in [1.165, 1.54) is 25.7 Å². The second-order valence-electron chi connectivity index (χ2n) is 4.62. The third kappa shape index (κ3) is 6.19. The van der Waals surface area contributed by atoms with Crippen LogP contribution in [-0.4, -0.2) is 18.2 Å². The van der Waals surface area contributed by atoms with Crippen molar-refractivity contribution in [2.45, 2.75) is 39.5 Å². The van der Waals surface area contributed by atoms with Crippen molar-refractivity contribution in [2.24, 2.45) is 11.8 Å². The highest BCUT2D eigenvalue weighted by Crippen LogP contribution is 2.33. The van der Waals surface area contributed by atoms with Gasteiger partial charge in [0, 0.05) is 13.1 Å². The lowest BCUT2D eigenvalue weighted by Gasteiger charge is -2.11. The normalized spacial score (nSPS) is 15.6. The summed E-state index contributed by atoms with van der Waals surface area (Å²) in [5.74, 6) is 1.69. The summed E-state index contributed by atoms with van der Waals surface area (Å²) in [5, 5.41) is 7.26. The van der Waals surface area contributed by atoms with Gasteiger partial charge < -0.3 is 10.6 Å². The van der Waals surface area contributed by atoms with Crippen molar-refractivity contribution in [3.63, 3.8) is 0 Å². The van der Waals surface area contributed by atoms with Crippen LogP contribution in [0.15, 0.2) is 0 Å². The lowest BCUT2D eigenvalue weighted by atomic mass is 10.2. The Morgan fingerprint density at radius 2 is 2.07 bits per heavy atom. The minimum Gasteiger partial charge on any atom is -0.363 e. The maximum atomic E-state index is 5.14. The molecule has 0 spiro atoms. The molecule has 0 bridgehead atoms. The van der Waals surface area contributed by atoms with Crippen LogP contribution in [0.3, 0.4) is 0 Å². The first kappa shape index (κ1) is 11.8. The zero-order chi connectivity index (χ0) is 10.4. The first-order chi connectivity index (χ1) is 6.68. The Morgan fingerprint density at radius 1 is 1.36 bits per heavy atom. The largest absolute Gasteiger partial charge is 0.363 e. The van der Waals surface area contributed by atoms with E-state index in [2.05, 4.69) is 24.5 Å². The highest BCUT2D eigenvalue weighted by atomic mass is 32.1. The van der Waals surface area contributed by atoms with E-state index in [9.17, 15) is 0 Å². The van der Waals surface area contributed by atoms with Gasteiger partial charge in [-0.05, 0) is 36.9 Å². The van der Waals surface area contributed by atoms with Crippen LogP contribution in [0.1, 0.15) is 39.5 Å². The predicted octanol–water partition coefficient (Wildman–Crippen LogP) is 2.30. The molecule has 14 heavy (non-hydrogen) atoms. The van der Waals surface area contributed by atoms with Crippen LogP contribution in [0, 0.1) is 11.8 Å². The summed E-state index contributed by atoms with van der Waals surface area (Å²) in [7, 11) is 0. The number of nitrogens with one attached hydrogen (secondary N) is 2. The summed E-state index contributed by atoms with van der Waals surface area (Å²) in [6.07, 6.45) is 5.54. The Labute approximate surface area is 92.8 Å². The molecule has 0 aromatic rings. The summed E-state index contributed by atoms with van der Waals surface area (Å²) >= 11 is 5.14. The summed E-state index contributed by atoms with van der Waals surface area (Å²) in [5.41, 5.74) is 0. The standard InChI is InChI=1S/C11H22N2S/c1-9(2)8-13-11(14)12-7-3-4-10-5-6-10/h9-10H,3-8H2,1-2H3,(H2,12,13,14). The summed E-state index contributed by atoms with van der Waals surface area (Å²) in [6, 6.07) is 0. The molecule has 2 nitrogen and oxygen atoms in total. The number of hydrogen-bond acceptors (Lipinski definition) is 1. The van der Waals surface area contributed by atoms with E-state index in [0.29, 0.717) is 5.92 Å². The number of thiocarbonyl (C=S) groups is 1. The second kappa shape index (κ2) is 6.23. The van der Waals surface area contributed by atoms with Crippen LogP contribution in [0.2, 0.25) is 0 Å². The fourth-order valence-electron chi connectivity index (χ4n) is 1.36. The molecule has 1 fully saturated rings. The first-order valence-corrected chi connectivity index (χ1v) is 6.11. The van der Waals surface area contributed by atoms with Crippen LogP contribution < -0.4 is 10.6 Å². The van der Waals surface area contributed by atoms with Gasteiger partial charge in [0.15, 0.2) is 5.11 Å². The molecule has 1 rings (SSSR count). The van der Waals surface area contributed by atoms with Gasteiger partial charge in [0.05, 0.1) is 0 Å². The molecule has 1 aliphatic rings. The molecule has 2 N–H and O–H groups in total. The van der Waals surface area contributed by atoms with Crippen LogP contribution >= 0.6 is 12.2 Å². The van der Waals surface area contributed by atoms with Crippen LogP contribution in [0.5, 0.6) is 0 Å². The van der Waals surface area contributed by atoms with E-state index in [1.807, 2.05) is 0 Å². The van der Waals surface area contributed by atoms with Gasteiger partial charge in [-0.1, -0.05) is 26.7 Å². The van der Waals surface area contributed by atoms with Gasteiger partial charge >= 0.3 is 0 Å². The van der Waals surface area contributed by atoms with Crippen molar-refractivity contribution < 1.29 is 0 Å². The van der Waals surface area contributed by atoms with Crippen molar-refractivity contribution in [1.29, 1.82) is 0 Å². The van der Waals surface area contributed by atoms with Crippen molar-refractivity contribution in [1.82, 2.24) is 10.6 Å². The van der Waals surface area contributed by atoms with E-state index in [-0.39, 0.29) is 0 Å². The molecule has 3 heteroatoms. The molecular weight excluding hydrogens is 192 g/mol. The molecule has 1 aliphatic carbocycles. The lowest BCUT2D eigenvalue weighted by Crippen LogP contribution is -2.37. The average Bonchev–Trinajstić information content (AvgIpc) is 2.92. The molecule has 0 amide bonds. The summed E-state index contributed by atoms with van der Waals surface area (Å²) in [4.78, 5) is 0. The van der Waals surface area contributed by atoms with Gasteiger partial charge in [-0.3, -0.25) is 0 Å². The van der Waals surface area contributed by atoms with Gasteiger partial charge in [0.25, 0.3) is 0 Å². The Morgan fingerprint density at radius 3 is 2.64 bits per heavy atom. The molecule has 82 valence electrons. The third-order valence-electron chi connectivity index (χ3n) is 2.44. The minimum absolute atomic E-state index is 0.654. The van der Waals surface area contributed by atoms with Crippen molar-refractivity contribution in [2.75, 3.05) is 13.1 Å². The van der Waals surface area contributed by atoms with E-state index in [1.54, 1.807) is 0 Å². The van der Waals surface area contributed by atoms with Gasteiger partial charge in [-0.2, -0.15) is 0 Å². The Balaban J connectivity index is 1.86. The molecule has 0 aromatic heterocycles. The van der Waals surface area contributed by atoms with E-state index < -0.39 is 0 Å². The Kier molecular flexibility index (Phi) is 5.23. The number of hydrogen-bond donors (Lipinski definition) is 2. The van der Waals surface area contributed by atoms with Gasteiger partial charge in [-0.15, -0.1) is 0 Å². The predicted molar refractivity (Wildman–Crippen MR) is 65.4 cm³/mol. The van der Waals surface area contributed by atoms with Crippen LogP contribution in [-0.2, 0) is 0 Å². The fourth-order valence-corrected chi connectivity index (χ4v) is 1.54. The number of rotatable bonds is 6. The van der Waals surface area contributed by atoms with E-state index in [0.717, 1.165) is 24.1 Å². The Bertz CT molecular complexity index is 176. The van der Waals surface area contributed by atoms with E-state index in [4.69, 9.17) is 12.2 Å². The van der Waals surface area contributed by atoms with Gasteiger partial charge in [-0.25, -0.2) is 0 Å². The smallest absolute Gasteiger partial charge is 0.166 e. The molecule has 0 aromatic carbocycles. The zero-order valence-electron chi connectivity index (χ0n) is 9.31. The first-order valence-electron chi connectivity index (χ1n) is 5.70. The molecule has 1 saturated carbocycles. The van der Waals surface area contributed by atoms with Crippen molar-refractivity contribution in [3.05, 3.63) is 0 Å². The monoisotopic (exact) mass is 214 g/mol. The molecule has 0 radical (unpaired) electrons. The molecule has 0 heterocycles. The molecular formula is C11H22N2S. The molecule has 0 aliphatic heterocycles. The molecule has 0 saturated heterocycles. The molecule has 0 unspecified atom stereocenters. The van der Waals surface area contributed by atoms with E-state index >= 15 is 0 Å². The van der Waals surface area contributed by atoms with Crippen molar-refractivity contribution in [3.8, 4) is 0 Å². The average molecular weight is 214 g/mol. The van der Waals surface area contributed by atoms with Gasteiger partial charge in [0.2, 0.25) is 0 Å². The summed E-state index contributed by atoms with van der Waals surface area (Å²) < 4.78 is 0.